The molecule has 4 rings (SSSR count). The molecular formula is C19H19N3O3. The van der Waals surface area contributed by atoms with Gasteiger partial charge in [0, 0.05) is 19.6 Å². The molecule has 0 spiro atoms. The van der Waals surface area contributed by atoms with Gasteiger partial charge >= 0.3 is 0 Å². The van der Waals surface area contributed by atoms with Crippen LogP contribution < -0.4 is 15.4 Å². The Morgan fingerprint density at radius 1 is 1.08 bits per heavy atom. The van der Waals surface area contributed by atoms with Crippen LogP contribution in [-0.4, -0.2) is 49.5 Å². The molecule has 2 aliphatic rings. The highest BCUT2D eigenvalue weighted by atomic mass is 16.5. The van der Waals surface area contributed by atoms with E-state index < -0.39 is 6.04 Å². The fourth-order valence-electron chi connectivity index (χ4n) is 3.35. The molecule has 0 aromatic heterocycles. The van der Waals surface area contributed by atoms with Crippen LogP contribution in [0.25, 0.3) is 11.1 Å². The molecule has 0 aliphatic carbocycles. The van der Waals surface area contributed by atoms with Crippen LogP contribution >= 0.6 is 0 Å². The standard InChI is InChI=1S/C19H19N3O3/c1-25-14-5-2-12(3-6-14)13-4-7-16-15(10-13)19(24)22-9-8-20-11-17(22)18(23)21-16/h2-7,10,17,20H,8-9,11H2,1H3,(H,21,23). The number of ether oxygens (including phenoxy) is 1. The van der Waals surface area contributed by atoms with E-state index in [2.05, 4.69) is 10.6 Å². The molecule has 2 aromatic rings. The molecule has 0 radical (unpaired) electrons. The smallest absolute Gasteiger partial charge is 0.256 e. The van der Waals surface area contributed by atoms with E-state index >= 15 is 0 Å². The molecule has 0 bridgehead atoms. The minimum absolute atomic E-state index is 0.102. The molecule has 1 atom stereocenters. The Bertz CT molecular complexity index is 832. The maximum Gasteiger partial charge on any atom is 0.256 e. The first kappa shape index (κ1) is 15.7. The number of methoxy groups -OCH3 is 1. The van der Waals surface area contributed by atoms with E-state index in [1.807, 2.05) is 36.4 Å². The Kier molecular flexibility index (Phi) is 3.89. The van der Waals surface area contributed by atoms with Crippen molar-refractivity contribution in [2.24, 2.45) is 0 Å². The molecule has 6 nitrogen and oxygen atoms in total. The molecule has 25 heavy (non-hydrogen) atoms. The van der Waals surface area contributed by atoms with Crippen LogP contribution in [-0.2, 0) is 4.79 Å². The van der Waals surface area contributed by atoms with Gasteiger partial charge < -0.3 is 20.3 Å². The molecule has 2 heterocycles. The third-order valence-electron chi connectivity index (χ3n) is 4.74. The summed E-state index contributed by atoms with van der Waals surface area (Å²) in [4.78, 5) is 27.1. The molecule has 0 saturated carbocycles. The molecular weight excluding hydrogens is 318 g/mol. The fourth-order valence-corrected chi connectivity index (χ4v) is 3.35. The van der Waals surface area contributed by atoms with Crippen LogP contribution in [0, 0.1) is 0 Å². The molecule has 1 fully saturated rings. The Labute approximate surface area is 145 Å². The monoisotopic (exact) mass is 337 g/mol. The van der Waals surface area contributed by atoms with Crippen LogP contribution in [0.3, 0.4) is 0 Å². The number of rotatable bonds is 2. The average Bonchev–Trinajstić information content (AvgIpc) is 2.77. The largest absolute Gasteiger partial charge is 0.497 e. The first-order valence-corrected chi connectivity index (χ1v) is 8.28. The average molecular weight is 337 g/mol. The van der Waals surface area contributed by atoms with Gasteiger partial charge in [0.05, 0.1) is 18.4 Å². The van der Waals surface area contributed by atoms with Crippen LogP contribution in [0.2, 0.25) is 0 Å². The summed E-state index contributed by atoms with van der Waals surface area (Å²) in [6, 6.07) is 12.8. The lowest BCUT2D eigenvalue weighted by Crippen LogP contribution is -2.57. The van der Waals surface area contributed by atoms with Crippen molar-refractivity contribution in [3.8, 4) is 16.9 Å². The van der Waals surface area contributed by atoms with Crippen molar-refractivity contribution in [2.45, 2.75) is 6.04 Å². The number of piperazine rings is 1. The topological polar surface area (TPSA) is 70.7 Å². The van der Waals surface area contributed by atoms with Gasteiger partial charge in [0.1, 0.15) is 11.8 Å². The zero-order valence-corrected chi connectivity index (χ0v) is 13.9. The van der Waals surface area contributed by atoms with Gasteiger partial charge in [-0.05, 0) is 35.4 Å². The summed E-state index contributed by atoms with van der Waals surface area (Å²) in [6.07, 6.45) is 0. The number of fused-ring (bicyclic) bond motifs is 2. The molecule has 2 aliphatic heterocycles. The van der Waals surface area contributed by atoms with Crippen molar-refractivity contribution in [3.63, 3.8) is 0 Å². The Morgan fingerprint density at radius 2 is 1.84 bits per heavy atom. The Hall–Kier alpha value is -2.86. The van der Waals surface area contributed by atoms with E-state index in [4.69, 9.17) is 4.74 Å². The number of carbonyl (C=O) groups excluding carboxylic acids is 2. The second kappa shape index (κ2) is 6.22. The lowest BCUT2D eigenvalue weighted by Gasteiger charge is -2.33. The third-order valence-corrected chi connectivity index (χ3v) is 4.74. The van der Waals surface area contributed by atoms with Gasteiger partial charge in [0.2, 0.25) is 5.91 Å². The maximum atomic E-state index is 13.0. The fraction of sp³-hybridized carbons (Fsp3) is 0.263. The number of anilines is 1. The SMILES string of the molecule is COc1ccc(-c2ccc3c(c2)C(=O)N2CCNCC2C(=O)N3)cc1. The van der Waals surface area contributed by atoms with E-state index in [0.717, 1.165) is 16.9 Å². The van der Waals surface area contributed by atoms with Crippen LogP contribution in [0.4, 0.5) is 5.69 Å². The van der Waals surface area contributed by atoms with Crippen molar-refractivity contribution < 1.29 is 14.3 Å². The number of nitrogens with zero attached hydrogens (tertiary/aromatic N) is 1. The van der Waals surface area contributed by atoms with Gasteiger partial charge in [0.15, 0.2) is 0 Å². The summed E-state index contributed by atoms with van der Waals surface area (Å²) >= 11 is 0. The molecule has 1 saturated heterocycles. The van der Waals surface area contributed by atoms with E-state index in [9.17, 15) is 9.59 Å². The van der Waals surface area contributed by atoms with Gasteiger partial charge in [-0.15, -0.1) is 0 Å². The van der Waals surface area contributed by atoms with Crippen molar-refractivity contribution in [2.75, 3.05) is 32.1 Å². The number of hydrogen-bond acceptors (Lipinski definition) is 4. The predicted molar refractivity (Wildman–Crippen MR) is 94.8 cm³/mol. The van der Waals surface area contributed by atoms with Gasteiger partial charge in [-0.1, -0.05) is 18.2 Å². The van der Waals surface area contributed by atoms with Crippen molar-refractivity contribution in [1.29, 1.82) is 0 Å². The molecule has 6 heteroatoms. The normalized spacial score (nSPS) is 19.6. The van der Waals surface area contributed by atoms with Crippen LogP contribution in [0.15, 0.2) is 42.5 Å². The number of nitrogens with one attached hydrogen (secondary N) is 2. The minimum Gasteiger partial charge on any atom is -0.497 e. The van der Waals surface area contributed by atoms with Crippen LogP contribution in [0.5, 0.6) is 5.75 Å². The van der Waals surface area contributed by atoms with Gasteiger partial charge in [-0.3, -0.25) is 9.59 Å². The number of amides is 2. The quantitative estimate of drug-likeness (QED) is 0.876. The summed E-state index contributed by atoms with van der Waals surface area (Å²) in [7, 11) is 1.63. The van der Waals surface area contributed by atoms with E-state index in [-0.39, 0.29) is 11.8 Å². The molecule has 2 aromatic carbocycles. The molecule has 2 amide bonds. The lowest BCUT2D eigenvalue weighted by atomic mass is 10.0. The lowest BCUT2D eigenvalue weighted by molar-refractivity contribution is -0.120. The zero-order valence-electron chi connectivity index (χ0n) is 13.9. The van der Waals surface area contributed by atoms with E-state index in [1.165, 1.54) is 0 Å². The Balaban J connectivity index is 1.74. The summed E-state index contributed by atoms with van der Waals surface area (Å²) in [5, 5.41) is 6.06. The molecule has 2 N–H and O–H groups in total. The van der Waals surface area contributed by atoms with Gasteiger partial charge in [-0.2, -0.15) is 0 Å². The van der Waals surface area contributed by atoms with Gasteiger partial charge in [0.25, 0.3) is 5.91 Å². The third kappa shape index (κ3) is 2.74. The highest BCUT2D eigenvalue weighted by Gasteiger charge is 2.36. The highest BCUT2D eigenvalue weighted by molar-refractivity contribution is 6.10. The predicted octanol–water partition coefficient (Wildman–Crippen LogP) is 1.73. The van der Waals surface area contributed by atoms with E-state index in [1.54, 1.807) is 18.1 Å². The summed E-state index contributed by atoms with van der Waals surface area (Å²) in [5.41, 5.74) is 3.02. The highest BCUT2D eigenvalue weighted by Crippen LogP contribution is 2.30. The summed E-state index contributed by atoms with van der Waals surface area (Å²) in [6.45, 7) is 1.71. The first-order chi connectivity index (χ1) is 12.2. The molecule has 1 unspecified atom stereocenters. The number of carbonyl (C=O) groups is 2. The Morgan fingerprint density at radius 3 is 2.60 bits per heavy atom. The van der Waals surface area contributed by atoms with Crippen LogP contribution in [0.1, 0.15) is 10.4 Å². The molecule has 128 valence electrons. The van der Waals surface area contributed by atoms with Crippen molar-refractivity contribution in [1.82, 2.24) is 10.2 Å². The number of hydrogen-bond donors (Lipinski definition) is 2. The zero-order chi connectivity index (χ0) is 17.4. The second-order valence-corrected chi connectivity index (χ2v) is 6.20. The second-order valence-electron chi connectivity index (χ2n) is 6.20. The summed E-state index contributed by atoms with van der Waals surface area (Å²) < 4.78 is 5.19. The minimum atomic E-state index is -0.460. The van der Waals surface area contributed by atoms with Crippen molar-refractivity contribution >= 4 is 17.5 Å². The number of benzene rings is 2. The summed E-state index contributed by atoms with van der Waals surface area (Å²) in [5.74, 6) is 0.539. The van der Waals surface area contributed by atoms with E-state index in [0.29, 0.717) is 30.9 Å². The maximum absolute atomic E-state index is 13.0. The van der Waals surface area contributed by atoms with Gasteiger partial charge in [-0.25, -0.2) is 0 Å². The first-order valence-electron chi connectivity index (χ1n) is 8.28. The van der Waals surface area contributed by atoms with Crippen molar-refractivity contribution in [3.05, 3.63) is 48.0 Å².